The SMILES string of the molecule is COC1CNCC(CC2CC=CCC2)C1. The van der Waals surface area contributed by atoms with Crippen molar-refractivity contribution in [3.05, 3.63) is 12.2 Å². The first-order chi connectivity index (χ1) is 7.38. The van der Waals surface area contributed by atoms with E-state index < -0.39 is 0 Å². The van der Waals surface area contributed by atoms with Crippen LogP contribution in [-0.4, -0.2) is 26.3 Å². The first-order valence-electron chi connectivity index (χ1n) is 6.27. The van der Waals surface area contributed by atoms with Crippen molar-refractivity contribution in [2.45, 2.75) is 38.2 Å². The monoisotopic (exact) mass is 209 g/mol. The second kappa shape index (κ2) is 5.66. The molecule has 0 saturated carbocycles. The van der Waals surface area contributed by atoms with Gasteiger partial charge in [0.1, 0.15) is 0 Å². The highest BCUT2D eigenvalue weighted by Gasteiger charge is 2.24. The molecule has 2 heteroatoms. The lowest BCUT2D eigenvalue weighted by Gasteiger charge is -2.32. The summed E-state index contributed by atoms with van der Waals surface area (Å²) in [7, 11) is 1.83. The van der Waals surface area contributed by atoms with Crippen molar-refractivity contribution < 1.29 is 4.74 Å². The van der Waals surface area contributed by atoms with Gasteiger partial charge in [-0.1, -0.05) is 12.2 Å². The number of nitrogens with one attached hydrogen (secondary N) is 1. The van der Waals surface area contributed by atoms with E-state index in [2.05, 4.69) is 17.5 Å². The van der Waals surface area contributed by atoms with E-state index in [1.807, 2.05) is 7.11 Å². The second-order valence-electron chi connectivity index (χ2n) is 5.00. The average Bonchev–Trinajstić information content (AvgIpc) is 2.31. The summed E-state index contributed by atoms with van der Waals surface area (Å²) in [5, 5.41) is 3.48. The number of methoxy groups -OCH3 is 1. The topological polar surface area (TPSA) is 21.3 Å². The van der Waals surface area contributed by atoms with Gasteiger partial charge in [-0.15, -0.1) is 0 Å². The lowest BCUT2D eigenvalue weighted by molar-refractivity contribution is 0.0560. The van der Waals surface area contributed by atoms with Crippen LogP contribution in [0.2, 0.25) is 0 Å². The predicted molar refractivity (Wildman–Crippen MR) is 62.9 cm³/mol. The van der Waals surface area contributed by atoms with Gasteiger partial charge in [-0.05, 0) is 50.5 Å². The number of ether oxygens (including phenoxy) is 1. The Morgan fingerprint density at radius 1 is 1.27 bits per heavy atom. The maximum atomic E-state index is 5.43. The van der Waals surface area contributed by atoms with Crippen molar-refractivity contribution in [2.75, 3.05) is 20.2 Å². The highest BCUT2D eigenvalue weighted by molar-refractivity contribution is 4.91. The van der Waals surface area contributed by atoms with Crippen molar-refractivity contribution >= 4 is 0 Å². The Bertz CT molecular complexity index is 215. The molecule has 3 unspecified atom stereocenters. The number of rotatable bonds is 3. The normalized spacial score (nSPS) is 36.7. The average molecular weight is 209 g/mol. The maximum Gasteiger partial charge on any atom is 0.0698 e. The number of hydrogen-bond acceptors (Lipinski definition) is 2. The minimum absolute atomic E-state index is 0.447. The highest BCUT2D eigenvalue weighted by atomic mass is 16.5. The van der Waals surface area contributed by atoms with Crippen molar-refractivity contribution in [2.24, 2.45) is 11.8 Å². The van der Waals surface area contributed by atoms with Crippen molar-refractivity contribution in [1.29, 1.82) is 0 Å². The van der Waals surface area contributed by atoms with E-state index in [9.17, 15) is 0 Å². The first-order valence-corrected chi connectivity index (χ1v) is 6.27. The molecule has 1 aliphatic heterocycles. The van der Waals surface area contributed by atoms with Crippen LogP contribution in [0.15, 0.2) is 12.2 Å². The number of piperidine rings is 1. The van der Waals surface area contributed by atoms with Gasteiger partial charge in [0.05, 0.1) is 6.10 Å². The molecular weight excluding hydrogens is 186 g/mol. The Balaban J connectivity index is 1.75. The van der Waals surface area contributed by atoms with Crippen LogP contribution in [-0.2, 0) is 4.74 Å². The van der Waals surface area contributed by atoms with Gasteiger partial charge in [0.2, 0.25) is 0 Å². The van der Waals surface area contributed by atoms with E-state index >= 15 is 0 Å². The van der Waals surface area contributed by atoms with Gasteiger partial charge in [0.15, 0.2) is 0 Å². The summed E-state index contributed by atoms with van der Waals surface area (Å²) in [5.41, 5.74) is 0. The largest absolute Gasteiger partial charge is 0.380 e. The zero-order chi connectivity index (χ0) is 10.5. The molecule has 15 heavy (non-hydrogen) atoms. The van der Waals surface area contributed by atoms with Gasteiger partial charge in [-0.2, -0.15) is 0 Å². The Morgan fingerprint density at radius 2 is 2.20 bits per heavy atom. The van der Waals surface area contributed by atoms with Gasteiger partial charge in [-0.25, -0.2) is 0 Å². The van der Waals surface area contributed by atoms with Gasteiger partial charge in [-0.3, -0.25) is 0 Å². The Hall–Kier alpha value is -0.340. The zero-order valence-electron chi connectivity index (χ0n) is 9.74. The van der Waals surface area contributed by atoms with Gasteiger partial charge >= 0.3 is 0 Å². The van der Waals surface area contributed by atoms with E-state index in [0.29, 0.717) is 6.10 Å². The molecule has 0 aromatic heterocycles. The number of hydrogen-bond donors (Lipinski definition) is 1. The lowest BCUT2D eigenvalue weighted by Crippen LogP contribution is -2.41. The summed E-state index contributed by atoms with van der Waals surface area (Å²) in [6, 6.07) is 0. The van der Waals surface area contributed by atoms with Gasteiger partial charge < -0.3 is 10.1 Å². The highest BCUT2D eigenvalue weighted by Crippen LogP contribution is 2.28. The lowest BCUT2D eigenvalue weighted by atomic mass is 9.82. The quantitative estimate of drug-likeness (QED) is 0.720. The summed E-state index contributed by atoms with van der Waals surface area (Å²) in [4.78, 5) is 0. The van der Waals surface area contributed by atoms with E-state index in [1.54, 1.807) is 0 Å². The Kier molecular flexibility index (Phi) is 4.21. The van der Waals surface area contributed by atoms with Crippen LogP contribution in [0.5, 0.6) is 0 Å². The summed E-state index contributed by atoms with van der Waals surface area (Å²) >= 11 is 0. The van der Waals surface area contributed by atoms with Crippen LogP contribution in [0.25, 0.3) is 0 Å². The molecule has 2 rings (SSSR count). The Labute approximate surface area is 93.1 Å². The third-order valence-electron chi connectivity index (χ3n) is 3.78. The third kappa shape index (κ3) is 3.32. The van der Waals surface area contributed by atoms with E-state index in [1.165, 1.54) is 38.6 Å². The molecule has 1 N–H and O–H groups in total. The van der Waals surface area contributed by atoms with E-state index in [-0.39, 0.29) is 0 Å². The molecule has 86 valence electrons. The maximum absolute atomic E-state index is 5.43. The van der Waals surface area contributed by atoms with E-state index in [4.69, 9.17) is 4.74 Å². The predicted octanol–water partition coefficient (Wildman–Crippen LogP) is 2.36. The van der Waals surface area contributed by atoms with Crippen molar-refractivity contribution in [3.8, 4) is 0 Å². The van der Waals surface area contributed by atoms with Crippen LogP contribution in [0.4, 0.5) is 0 Å². The summed E-state index contributed by atoms with van der Waals surface area (Å²) in [5.74, 6) is 1.76. The van der Waals surface area contributed by atoms with Crippen LogP contribution >= 0.6 is 0 Å². The van der Waals surface area contributed by atoms with E-state index in [0.717, 1.165) is 18.4 Å². The summed E-state index contributed by atoms with van der Waals surface area (Å²) in [6.07, 6.45) is 11.8. The molecule has 0 spiro atoms. The van der Waals surface area contributed by atoms with Gasteiger partial charge in [0, 0.05) is 13.7 Å². The third-order valence-corrected chi connectivity index (χ3v) is 3.78. The molecule has 0 bridgehead atoms. The standard InChI is InChI=1S/C13H23NO/c1-15-13-8-12(9-14-10-13)7-11-5-3-2-4-6-11/h2-3,11-14H,4-10H2,1H3. The molecule has 0 aromatic carbocycles. The fraction of sp³-hybridized carbons (Fsp3) is 0.846. The van der Waals surface area contributed by atoms with Crippen molar-refractivity contribution in [1.82, 2.24) is 5.32 Å². The Morgan fingerprint density at radius 3 is 2.93 bits per heavy atom. The van der Waals surface area contributed by atoms with Crippen LogP contribution < -0.4 is 5.32 Å². The first kappa shape index (κ1) is 11.2. The molecule has 0 aromatic rings. The zero-order valence-corrected chi connectivity index (χ0v) is 9.74. The molecule has 0 amide bonds. The molecule has 3 atom stereocenters. The molecule has 1 heterocycles. The molecule has 1 fully saturated rings. The minimum atomic E-state index is 0.447. The fourth-order valence-corrected chi connectivity index (χ4v) is 2.89. The summed E-state index contributed by atoms with van der Waals surface area (Å²) in [6.45, 7) is 2.23. The second-order valence-corrected chi connectivity index (χ2v) is 5.00. The van der Waals surface area contributed by atoms with Crippen LogP contribution in [0.3, 0.4) is 0 Å². The molecule has 2 nitrogen and oxygen atoms in total. The number of allylic oxidation sites excluding steroid dienone is 2. The van der Waals surface area contributed by atoms with Crippen LogP contribution in [0.1, 0.15) is 32.1 Å². The molecule has 1 saturated heterocycles. The van der Waals surface area contributed by atoms with Crippen molar-refractivity contribution in [3.63, 3.8) is 0 Å². The van der Waals surface area contributed by atoms with Gasteiger partial charge in [0.25, 0.3) is 0 Å². The molecule has 0 radical (unpaired) electrons. The smallest absolute Gasteiger partial charge is 0.0698 e. The molecule has 2 aliphatic rings. The summed E-state index contributed by atoms with van der Waals surface area (Å²) < 4.78 is 5.43. The molecular formula is C13H23NO. The minimum Gasteiger partial charge on any atom is -0.380 e. The fourth-order valence-electron chi connectivity index (χ4n) is 2.89. The molecule has 1 aliphatic carbocycles. The van der Waals surface area contributed by atoms with Crippen LogP contribution in [0, 0.1) is 11.8 Å².